The molecular formula is C23H33N3O5. The van der Waals surface area contributed by atoms with Gasteiger partial charge in [0.1, 0.15) is 5.69 Å². The van der Waals surface area contributed by atoms with Crippen LogP contribution >= 0.6 is 0 Å². The molecule has 1 saturated heterocycles. The summed E-state index contributed by atoms with van der Waals surface area (Å²) in [6.45, 7) is 5.20. The zero-order valence-corrected chi connectivity index (χ0v) is 18.7. The number of carbonyl (C=O) groups excluding carboxylic acids is 2. The van der Waals surface area contributed by atoms with E-state index in [0.29, 0.717) is 11.6 Å². The maximum Gasteiger partial charge on any atom is 0.339 e. The van der Waals surface area contributed by atoms with E-state index in [1.807, 2.05) is 4.90 Å². The first kappa shape index (κ1) is 23.0. The highest BCUT2D eigenvalue weighted by Crippen LogP contribution is 2.32. The fourth-order valence-corrected chi connectivity index (χ4v) is 4.69. The Labute approximate surface area is 183 Å². The van der Waals surface area contributed by atoms with Crippen LogP contribution in [0.25, 0.3) is 0 Å². The van der Waals surface area contributed by atoms with E-state index in [9.17, 15) is 19.7 Å². The van der Waals surface area contributed by atoms with Crippen LogP contribution in [-0.2, 0) is 9.53 Å². The van der Waals surface area contributed by atoms with Crippen LogP contribution in [0.3, 0.4) is 0 Å². The van der Waals surface area contributed by atoms with Gasteiger partial charge < -0.3 is 14.5 Å². The molecule has 0 radical (unpaired) electrons. The van der Waals surface area contributed by atoms with Crippen LogP contribution in [0.2, 0.25) is 0 Å². The molecule has 2 aliphatic rings. The second kappa shape index (κ2) is 10.1. The molecule has 3 rings (SSSR count). The minimum Gasteiger partial charge on any atom is -0.449 e. The number of carbonyl (C=O) groups is 2. The summed E-state index contributed by atoms with van der Waals surface area (Å²) in [5.41, 5.74) is 0.497. The van der Waals surface area contributed by atoms with Crippen LogP contribution in [-0.4, -0.2) is 54.0 Å². The number of rotatable bonds is 6. The maximum absolute atomic E-state index is 12.7. The molecule has 8 nitrogen and oxygen atoms in total. The summed E-state index contributed by atoms with van der Waals surface area (Å²) in [7, 11) is 1.75. The molecule has 2 atom stereocenters. The molecule has 0 N–H and O–H groups in total. The van der Waals surface area contributed by atoms with Crippen molar-refractivity contribution in [2.24, 2.45) is 5.92 Å². The van der Waals surface area contributed by atoms with Gasteiger partial charge in [-0.3, -0.25) is 14.9 Å². The molecule has 8 heteroatoms. The lowest BCUT2D eigenvalue weighted by molar-refractivity contribution is -0.384. The minimum atomic E-state index is -0.943. The molecule has 0 aromatic heterocycles. The standard InChI is InChI=1S/C23H33N3O5/c1-16-8-7-13-25(15-16)20-12-11-18(14-21(20)26(29)30)23(28)31-17(2)22(27)24(3)19-9-5-4-6-10-19/h11-12,14,16-17,19H,4-10,13,15H2,1-3H3/t16-,17+/m1/s1. The number of hydrogen-bond acceptors (Lipinski definition) is 6. The van der Waals surface area contributed by atoms with Gasteiger partial charge in [-0.2, -0.15) is 0 Å². The van der Waals surface area contributed by atoms with E-state index in [0.717, 1.165) is 51.6 Å². The normalized spacial score (nSPS) is 20.7. The molecule has 1 heterocycles. The lowest BCUT2D eigenvalue weighted by Gasteiger charge is -2.33. The third-order valence-corrected chi connectivity index (χ3v) is 6.51. The van der Waals surface area contributed by atoms with Crippen molar-refractivity contribution in [3.8, 4) is 0 Å². The van der Waals surface area contributed by atoms with Gasteiger partial charge in [-0.15, -0.1) is 0 Å². The molecular weight excluding hydrogens is 398 g/mol. The first-order valence-electron chi connectivity index (χ1n) is 11.3. The van der Waals surface area contributed by atoms with Crippen LogP contribution in [0.5, 0.6) is 0 Å². The Balaban J connectivity index is 1.70. The molecule has 1 aliphatic carbocycles. The largest absolute Gasteiger partial charge is 0.449 e. The average molecular weight is 432 g/mol. The molecule has 2 fully saturated rings. The van der Waals surface area contributed by atoms with Gasteiger partial charge >= 0.3 is 5.97 Å². The van der Waals surface area contributed by atoms with Crippen molar-refractivity contribution in [3.05, 3.63) is 33.9 Å². The lowest BCUT2D eigenvalue weighted by Crippen LogP contribution is -2.44. The monoisotopic (exact) mass is 431 g/mol. The van der Waals surface area contributed by atoms with Crippen molar-refractivity contribution in [2.75, 3.05) is 25.0 Å². The van der Waals surface area contributed by atoms with Crippen molar-refractivity contribution in [1.29, 1.82) is 0 Å². The van der Waals surface area contributed by atoms with Crippen LogP contribution in [0.1, 0.15) is 69.2 Å². The van der Waals surface area contributed by atoms with E-state index >= 15 is 0 Å². The Morgan fingerprint density at radius 3 is 2.55 bits per heavy atom. The smallest absolute Gasteiger partial charge is 0.339 e. The van der Waals surface area contributed by atoms with E-state index in [1.54, 1.807) is 31.0 Å². The van der Waals surface area contributed by atoms with E-state index in [-0.39, 0.29) is 23.2 Å². The molecule has 0 unspecified atom stereocenters. The van der Waals surface area contributed by atoms with Gasteiger partial charge in [-0.05, 0) is 50.7 Å². The number of ether oxygens (including phenoxy) is 1. The van der Waals surface area contributed by atoms with Gasteiger partial charge in [0.25, 0.3) is 11.6 Å². The van der Waals surface area contributed by atoms with Gasteiger partial charge in [-0.1, -0.05) is 26.2 Å². The Kier molecular flexibility index (Phi) is 7.51. The highest BCUT2D eigenvalue weighted by Gasteiger charge is 2.29. The number of piperidine rings is 1. The number of amides is 1. The maximum atomic E-state index is 12.7. The average Bonchev–Trinajstić information content (AvgIpc) is 2.78. The van der Waals surface area contributed by atoms with E-state index < -0.39 is 17.0 Å². The number of hydrogen-bond donors (Lipinski definition) is 0. The van der Waals surface area contributed by atoms with Crippen molar-refractivity contribution < 1.29 is 19.2 Å². The summed E-state index contributed by atoms with van der Waals surface area (Å²) in [6, 6.07) is 4.60. The molecule has 170 valence electrons. The molecule has 1 aliphatic heterocycles. The van der Waals surface area contributed by atoms with Crippen LogP contribution in [0.15, 0.2) is 18.2 Å². The number of likely N-dealkylation sites (N-methyl/N-ethyl adjacent to an activating group) is 1. The van der Waals surface area contributed by atoms with Gasteiger partial charge in [-0.25, -0.2) is 4.79 Å². The predicted octanol–water partition coefficient (Wildman–Crippen LogP) is 4.17. The molecule has 31 heavy (non-hydrogen) atoms. The zero-order valence-electron chi connectivity index (χ0n) is 18.7. The summed E-state index contributed by atoms with van der Waals surface area (Å²) in [4.78, 5) is 40.3. The van der Waals surface area contributed by atoms with Crippen molar-refractivity contribution in [1.82, 2.24) is 4.90 Å². The third-order valence-electron chi connectivity index (χ3n) is 6.51. The van der Waals surface area contributed by atoms with Gasteiger partial charge in [0.05, 0.1) is 10.5 Å². The minimum absolute atomic E-state index is 0.0838. The highest BCUT2D eigenvalue weighted by molar-refractivity contribution is 5.93. The summed E-state index contributed by atoms with van der Waals surface area (Å²) in [6.07, 6.45) is 6.46. The number of benzene rings is 1. The molecule has 1 amide bonds. The van der Waals surface area contributed by atoms with Crippen molar-refractivity contribution >= 4 is 23.3 Å². The Hall–Kier alpha value is -2.64. The van der Waals surface area contributed by atoms with E-state index in [2.05, 4.69) is 6.92 Å². The topological polar surface area (TPSA) is 93.0 Å². The zero-order chi connectivity index (χ0) is 22.5. The number of nitrogens with zero attached hydrogens (tertiary/aromatic N) is 3. The first-order valence-corrected chi connectivity index (χ1v) is 11.3. The second-order valence-corrected chi connectivity index (χ2v) is 8.94. The Morgan fingerprint density at radius 2 is 1.90 bits per heavy atom. The molecule has 1 saturated carbocycles. The number of nitro groups is 1. The van der Waals surface area contributed by atoms with Gasteiger partial charge in [0.15, 0.2) is 6.10 Å². The van der Waals surface area contributed by atoms with Gasteiger partial charge in [0, 0.05) is 32.2 Å². The SMILES string of the molecule is C[C@@H]1CCCN(c2ccc(C(=O)O[C@@H](C)C(=O)N(C)C3CCCCC3)cc2[N+](=O)[O-])C1. The number of nitro benzene ring substituents is 1. The molecule has 0 bridgehead atoms. The number of esters is 1. The summed E-state index contributed by atoms with van der Waals surface area (Å²) in [5.74, 6) is -0.501. The fraction of sp³-hybridized carbons (Fsp3) is 0.652. The van der Waals surface area contributed by atoms with Crippen molar-refractivity contribution in [3.63, 3.8) is 0 Å². The molecule has 1 aromatic carbocycles. The predicted molar refractivity (Wildman–Crippen MR) is 118 cm³/mol. The van der Waals surface area contributed by atoms with Gasteiger partial charge in [0.2, 0.25) is 0 Å². The fourth-order valence-electron chi connectivity index (χ4n) is 4.69. The second-order valence-electron chi connectivity index (χ2n) is 8.94. The van der Waals surface area contributed by atoms with E-state index in [4.69, 9.17) is 4.74 Å². The van der Waals surface area contributed by atoms with Crippen LogP contribution in [0.4, 0.5) is 11.4 Å². The Bertz CT molecular complexity index is 821. The van der Waals surface area contributed by atoms with Crippen LogP contribution < -0.4 is 4.90 Å². The first-order chi connectivity index (χ1) is 14.8. The molecule has 0 spiro atoms. The quantitative estimate of drug-likeness (QED) is 0.381. The summed E-state index contributed by atoms with van der Waals surface area (Å²) >= 11 is 0. The number of anilines is 1. The Morgan fingerprint density at radius 1 is 1.19 bits per heavy atom. The van der Waals surface area contributed by atoms with E-state index in [1.165, 1.54) is 12.5 Å². The lowest BCUT2D eigenvalue weighted by atomic mass is 9.94. The van der Waals surface area contributed by atoms with Crippen LogP contribution in [0, 0.1) is 16.0 Å². The summed E-state index contributed by atoms with van der Waals surface area (Å²) in [5, 5.41) is 11.7. The van der Waals surface area contributed by atoms with Crippen molar-refractivity contribution in [2.45, 2.75) is 70.9 Å². The highest BCUT2D eigenvalue weighted by atomic mass is 16.6. The summed E-state index contributed by atoms with van der Waals surface area (Å²) < 4.78 is 5.38. The molecule has 1 aromatic rings. The third kappa shape index (κ3) is 5.54.